The van der Waals surface area contributed by atoms with Crippen LogP contribution in [0.25, 0.3) is 0 Å². The van der Waals surface area contributed by atoms with E-state index in [0.717, 1.165) is 61.7 Å². The van der Waals surface area contributed by atoms with Crippen molar-refractivity contribution in [3.63, 3.8) is 0 Å². The highest BCUT2D eigenvalue weighted by atomic mass is 35.5. The van der Waals surface area contributed by atoms with Crippen LogP contribution in [-0.2, 0) is 34.3 Å². The number of ether oxygens (including phenoxy) is 3. The summed E-state index contributed by atoms with van der Waals surface area (Å²) in [5, 5.41) is 5.16. The molecule has 0 bridgehead atoms. The van der Waals surface area contributed by atoms with E-state index in [1.165, 1.54) is 0 Å². The fourth-order valence-corrected chi connectivity index (χ4v) is 3.51. The largest absolute Gasteiger partial charge is 0.372 e. The van der Waals surface area contributed by atoms with Crippen molar-refractivity contribution in [1.82, 2.24) is 9.78 Å². The fourth-order valence-electron chi connectivity index (χ4n) is 3.16. The Kier molecular flexibility index (Phi) is 4.54. The molecule has 1 aromatic rings. The molecule has 2 heterocycles. The monoisotopic (exact) mass is 314 g/mol. The molecule has 3 rings (SSSR count). The zero-order valence-corrected chi connectivity index (χ0v) is 13.5. The number of hydrogen-bond acceptors (Lipinski definition) is 4. The van der Waals surface area contributed by atoms with Crippen LogP contribution in [0.4, 0.5) is 0 Å². The van der Waals surface area contributed by atoms with Gasteiger partial charge >= 0.3 is 0 Å². The Hall–Kier alpha value is -0.620. The summed E-state index contributed by atoms with van der Waals surface area (Å²) in [4.78, 5) is 0. The van der Waals surface area contributed by atoms with Gasteiger partial charge in [0.2, 0.25) is 0 Å². The van der Waals surface area contributed by atoms with Crippen molar-refractivity contribution in [1.29, 1.82) is 0 Å². The summed E-state index contributed by atoms with van der Waals surface area (Å²) in [6.07, 6.45) is 4.85. The lowest BCUT2D eigenvalue weighted by Gasteiger charge is -2.35. The molecule has 0 N–H and O–H groups in total. The average Bonchev–Trinajstić information content (AvgIpc) is 3.05. The summed E-state index contributed by atoms with van der Waals surface area (Å²) in [6.45, 7) is 4.01. The topological polar surface area (TPSA) is 45.5 Å². The maximum Gasteiger partial charge on any atom is 0.168 e. The third-order valence-corrected chi connectivity index (χ3v) is 4.90. The second-order valence-electron chi connectivity index (χ2n) is 5.80. The molecule has 0 aromatic carbocycles. The summed E-state index contributed by atoms with van der Waals surface area (Å²) in [7, 11) is 1.92. The highest BCUT2D eigenvalue weighted by Crippen LogP contribution is 2.37. The number of nitrogens with zero attached hydrogens (tertiary/aromatic N) is 2. The number of aromatic nitrogens is 2. The van der Waals surface area contributed by atoms with Crippen LogP contribution in [-0.4, -0.2) is 34.9 Å². The van der Waals surface area contributed by atoms with Crippen LogP contribution in [0, 0.1) is 0 Å². The summed E-state index contributed by atoms with van der Waals surface area (Å²) in [6, 6.07) is 0. The van der Waals surface area contributed by atoms with Crippen molar-refractivity contribution < 1.29 is 14.2 Å². The lowest BCUT2D eigenvalue weighted by molar-refractivity contribution is -0.192. The Morgan fingerprint density at radius 1 is 1.33 bits per heavy atom. The Morgan fingerprint density at radius 2 is 2.00 bits per heavy atom. The molecule has 1 saturated carbocycles. The molecule has 6 heteroatoms. The molecular weight excluding hydrogens is 292 g/mol. The smallest absolute Gasteiger partial charge is 0.168 e. The molecule has 0 unspecified atom stereocenters. The first-order chi connectivity index (χ1) is 10.1. The zero-order chi connectivity index (χ0) is 14.9. The third-order valence-electron chi connectivity index (χ3n) is 4.47. The molecule has 1 aliphatic carbocycles. The van der Waals surface area contributed by atoms with E-state index in [2.05, 4.69) is 12.0 Å². The molecule has 0 radical (unpaired) electrons. The maximum absolute atomic E-state index is 6.34. The summed E-state index contributed by atoms with van der Waals surface area (Å²) in [5.74, 6) is -0.320. The van der Waals surface area contributed by atoms with Crippen molar-refractivity contribution in [3.05, 3.63) is 16.4 Å². The van der Waals surface area contributed by atoms with Gasteiger partial charge in [-0.25, -0.2) is 0 Å². The number of halogens is 1. The minimum atomic E-state index is -0.320. The van der Waals surface area contributed by atoms with Crippen molar-refractivity contribution >= 4 is 11.6 Å². The first-order valence-electron chi connectivity index (χ1n) is 7.73. The van der Waals surface area contributed by atoms with Gasteiger partial charge in [-0.15, -0.1) is 0 Å². The normalized spacial score (nSPS) is 22.2. The molecule has 0 amide bonds. The standard InChI is InChI=1S/C15H23ClN2O3/c1-3-12-14(16)13(18(2)17-12)10-19-11-4-6-15(7-5-11)20-8-9-21-15/h11H,3-10H2,1-2H3. The minimum absolute atomic E-state index is 0.250. The molecular formula is C15H23ClN2O3. The number of rotatable bonds is 4. The fraction of sp³-hybridized carbons (Fsp3) is 0.800. The van der Waals surface area contributed by atoms with Crippen molar-refractivity contribution in [3.8, 4) is 0 Å². The SMILES string of the molecule is CCc1nn(C)c(COC2CCC3(CC2)OCCO3)c1Cl. The van der Waals surface area contributed by atoms with Gasteiger partial charge in [0.1, 0.15) is 0 Å². The van der Waals surface area contributed by atoms with Gasteiger partial charge in [0.15, 0.2) is 5.79 Å². The van der Waals surface area contributed by atoms with E-state index in [4.69, 9.17) is 25.8 Å². The van der Waals surface area contributed by atoms with Gasteiger partial charge in [-0.3, -0.25) is 4.68 Å². The molecule has 1 aromatic heterocycles. The van der Waals surface area contributed by atoms with E-state index < -0.39 is 0 Å². The van der Waals surface area contributed by atoms with Crippen LogP contribution in [0.5, 0.6) is 0 Å². The molecule has 2 fully saturated rings. The van der Waals surface area contributed by atoms with Gasteiger partial charge in [-0.2, -0.15) is 5.10 Å². The Morgan fingerprint density at radius 3 is 2.57 bits per heavy atom. The molecule has 0 atom stereocenters. The van der Waals surface area contributed by atoms with Gasteiger partial charge in [-0.1, -0.05) is 18.5 Å². The highest BCUT2D eigenvalue weighted by Gasteiger charge is 2.40. The highest BCUT2D eigenvalue weighted by molar-refractivity contribution is 6.31. The summed E-state index contributed by atoms with van der Waals surface area (Å²) in [5.41, 5.74) is 1.90. The van der Waals surface area contributed by atoms with Gasteiger partial charge < -0.3 is 14.2 Å². The predicted molar refractivity (Wildman–Crippen MR) is 79.3 cm³/mol. The average molecular weight is 315 g/mol. The van der Waals surface area contributed by atoms with Crippen molar-refractivity contribution in [2.24, 2.45) is 7.05 Å². The van der Waals surface area contributed by atoms with Crippen LogP contribution in [0.1, 0.15) is 44.0 Å². The molecule has 1 aliphatic heterocycles. The van der Waals surface area contributed by atoms with Gasteiger partial charge in [0.25, 0.3) is 0 Å². The van der Waals surface area contributed by atoms with Crippen LogP contribution in [0.15, 0.2) is 0 Å². The molecule has 2 aliphatic rings. The predicted octanol–water partition coefficient (Wildman–Crippen LogP) is 2.84. The lowest BCUT2D eigenvalue weighted by atomic mass is 9.92. The Bertz CT molecular complexity index is 487. The maximum atomic E-state index is 6.34. The van der Waals surface area contributed by atoms with E-state index in [0.29, 0.717) is 6.61 Å². The third kappa shape index (κ3) is 3.11. The van der Waals surface area contributed by atoms with E-state index in [9.17, 15) is 0 Å². The van der Waals surface area contributed by atoms with Gasteiger partial charge in [-0.05, 0) is 19.3 Å². The summed E-state index contributed by atoms with van der Waals surface area (Å²) >= 11 is 6.34. The lowest BCUT2D eigenvalue weighted by Crippen LogP contribution is -2.37. The first-order valence-corrected chi connectivity index (χ1v) is 8.11. The molecule has 1 spiro atoms. The number of aryl methyl sites for hydroxylation is 2. The minimum Gasteiger partial charge on any atom is -0.372 e. The van der Waals surface area contributed by atoms with Gasteiger partial charge in [0.05, 0.1) is 42.3 Å². The molecule has 5 nitrogen and oxygen atoms in total. The van der Waals surface area contributed by atoms with Crippen molar-refractivity contribution in [2.75, 3.05) is 13.2 Å². The van der Waals surface area contributed by atoms with E-state index in [-0.39, 0.29) is 11.9 Å². The second-order valence-corrected chi connectivity index (χ2v) is 6.18. The van der Waals surface area contributed by atoms with Crippen LogP contribution in [0.2, 0.25) is 5.02 Å². The Balaban J connectivity index is 1.53. The first kappa shape index (κ1) is 15.3. The Labute approximate surface area is 130 Å². The quantitative estimate of drug-likeness (QED) is 0.857. The van der Waals surface area contributed by atoms with E-state index in [1.54, 1.807) is 0 Å². The number of hydrogen-bond donors (Lipinski definition) is 0. The van der Waals surface area contributed by atoms with E-state index in [1.807, 2.05) is 11.7 Å². The molecule has 1 saturated heterocycles. The zero-order valence-electron chi connectivity index (χ0n) is 12.7. The second kappa shape index (κ2) is 6.24. The van der Waals surface area contributed by atoms with Crippen molar-refractivity contribution in [2.45, 2.75) is 57.5 Å². The van der Waals surface area contributed by atoms with E-state index >= 15 is 0 Å². The van der Waals surface area contributed by atoms with Crippen LogP contribution < -0.4 is 0 Å². The van der Waals surface area contributed by atoms with Gasteiger partial charge in [0, 0.05) is 19.9 Å². The summed E-state index contributed by atoms with van der Waals surface area (Å²) < 4.78 is 19.3. The van der Waals surface area contributed by atoms with Crippen LogP contribution >= 0.6 is 11.6 Å². The van der Waals surface area contributed by atoms with Crippen LogP contribution in [0.3, 0.4) is 0 Å². The molecule has 21 heavy (non-hydrogen) atoms. The molecule has 118 valence electrons.